The van der Waals surface area contributed by atoms with Crippen molar-refractivity contribution in [1.29, 1.82) is 0 Å². The number of halogens is 1. The highest BCUT2D eigenvalue weighted by Crippen LogP contribution is 2.32. The third-order valence-electron chi connectivity index (χ3n) is 2.39. The fourth-order valence-electron chi connectivity index (χ4n) is 1.57. The zero-order chi connectivity index (χ0) is 10.3. The van der Waals surface area contributed by atoms with Gasteiger partial charge in [-0.15, -0.1) is 0 Å². The lowest BCUT2D eigenvalue weighted by Crippen LogP contribution is -2.43. The van der Waals surface area contributed by atoms with Crippen molar-refractivity contribution < 1.29 is 4.79 Å². The number of hydrogen-bond donors (Lipinski definition) is 1. The average molecular weight is 256 g/mol. The predicted octanol–water partition coefficient (Wildman–Crippen LogP) is 0.607. The van der Waals surface area contributed by atoms with E-state index in [4.69, 9.17) is 5.73 Å². The first-order chi connectivity index (χ1) is 6.61. The van der Waals surface area contributed by atoms with Crippen molar-refractivity contribution in [2.24, 2.45) is 16.6 Å². The van der Waals surface area contributed by atoms with Gasteiger partial charge in [0.15, 0.2) is 0 Å². The van der Waals surface area contributed by atoms with Gasteiger partial charge in [0.05, 0.1) is 18.3 Å². The van der Waals surface area contributed by atoms with Gasteiger partial charge in [0.1, 0.15) is 0 Å². The van der Waals surface area contributed by atoms with E-state index in [9.17, 15) is 4.79 Å². The number of nitrogens with zero attached hydrogens (tertiary/aromatic N) is 2. The molecule has 0 aromatic carbocycles. The van der Waals surface area contributed by atoms with Crippen LogP contribution in [0, 0.1) is 5.92 Å². The predicted molar refractivity (Wildman–Crippen MR) is 57.8 cm³/mol. The van der Waals surface area contributed by atoms with E-state index in [2.05, 4.69) is 20.9 Å². The van der Waals surface area contributed by atoms with Gasteiger partial charge in [-0.3, -0.25) is 9.79 Å². The first-order valence-electron chi connectivity index (χ1n) is 4.24. The molecule has 0 radical (unpaired) electrons. The maximum atomic E-state index is 11.8. The van der Waals surface area contributed by atoms with Gasteiger partial charge in [-0.2, -0.15) is 0 Å². The van der Waals surface area contributed by atoms with Gasteiger partial charge in [-0.1, -0.05) is 22.0 Å². The van der Waals surface area contributed by atoms with Crippen LogP contribution in [0.3, 0.4) is 0 Å². The number of aliphatic imine (C=N–C) groups is 1. The number of allylic oxidation sites excluding steroid dienone is 1. The molecule has 5 heteroatoms. The lowest BCUT2D eigenvalue weighted by atomic mass is 9.92. The maximum Gasteiger partial charge on any atom is 0.238 e. The third kappa shape index (κ3) is 1.28. The van der Waals surface area contributed by atoms with E-state index in [0.29, 0.717) is 5.70 Å². The summed E-state index contributed by atoms with van der Waals surface area (Å²) in [4.78, 5) is 17.5. The van der Waals surface area contributed by atoms with Crippen LogP contribution in [0.2, 0.25) is 0 Å². The van der Waals surface area contributed by atoms with Crippen LogP contribution in [-0.4, -0.2) is 30.2 Å². The minimum absolute atomic E-state index is 0.0178. The topological polar surface area (TPSA) is 58.7 Å². The van der Waals surface area contributed by atoms with Gasteiger partial charge < -0.3 is 10.6 Å². The molecular formula is C9H10BrN3O. The Bertz CT molecular complexity index is 372. The molecule has 14 heavy (non-hydrogen) atoms. The molecule has 1 aliphatic carbocycles. The molecule has 0 aromatic rings. The highest BCUT2D eigenvalue weighted by atomic mass is 79.9. The Morgan fingerprint density at radius 2 is 2.36 bits per heavy atom. The summed E-state index contributed by atoms with van der Waals surface area (Å²) in [6.07, 6.45) is 5.18. The van der Waals surface area contributed by atoms with E-state index in [0.717, 1.165) is 4.48 Å². The highest BCUT2D eigenvalue weighted by molar-refractivity contribution is 9.11. The summed E-state index contributed by atoms with van der Waals surface area (Å²) in [7, 11) is 1.69. The molecule has 2 atom stereocenters. The molecule has 0 spiro atoms. The van der Waals surface area contributed by atoms with Gasteiger partial charge in [-0.25, -0.2) is 0 Å². The van der Waals surface area contributed by atoms with Gasteiger partial charge in [0, 0.05) is 17.2 Å². The minimum Gasteiger partial charge on any atom is -0.398 e. The van der Waals surface area contributed by atoms with Crippen LogP contribution in [0.5, 0.6) is 0 Å². The van der Waals surface area contributed by atoms with E-state index in [1.54, 1.807) is 19.5 Å². The second-order valence-corrected chi connectivity index (χ2v) is 4.20. The lowest BCUT2D eigenvalue weighted by molar-refractivity contribution is -0.129. The fraction of sp³-hybridized carbons (Fsp3) is 0.333. The molecule has 0 saturated carbocycles. The summed E-state index contributed by atoms with van der Waals surface area (Å²) in [5.74, 6) is -0.265. The third-order valence-corrected chi connectivity index (χ3v) is 3.34. The van der Waals surface area contributed by atoms with Crippen molar-refractivity contribution in [3.05, 3.63) is 22.3 Å². The molecule has 1 heterocycles. The Morgan fingerprint density at radius 3 is 3.07 bits per heavy atom. The van der Waals surface area contributed by atoms with Crippen LogP contribution in [0.25, 0.3) is 0 Å². The number of nitrogens with two attached hydrogens (primary N) is 1. The van der Waals surface area contributed by atoms with Crippen molar-refractivity contribution >= 4 is 28.2 Å². The second-order valence-electron chi connectivity index (χ2n) is 3.34. The maximum absolute atomic E-state index is 11.8. The first-order valence-corrected chi connectivity index (χ1v) is 5.04. The Hall–Kier alpha value is -1.10. The fourth-order valence-corrected chi connectivity index (χ4v) is 2.16. The van der Waals surface area contributed by atoms with Crippen molar-refractivity contribution in [3.8, 4) is 0 Å². The zero-order valence-corrected chi connectivity index (χ0v) is 9.23. The van der Waals surface area contributed by atoms with E-state index < -0.39 is 0 Å². The summed E-state index contributed by atoms with van der Waals surface area (Å²) in [5, 5.41) is 0. The molecule has 1 aliphatic heterocycles. The first kappa shape index (κ1) is 9.45. The molecule has 0 bridgehead atoms. The van der Waals surface area contributed by atoms with Crippen molar-refractivity contribution in [2.75, 3.05) is 7.05 Å². The SMILES string of the molecule is CN1C=NC2C=CC(N)=C(Br)C2C1=O. The van der Waals surface area contributed by atoms with Gasteiger partial charge in [-0.05, 0) is 6.08 Å². The largest absolute Gasteiger partial charge is 0.398 e. The van der Waals surface area contributed by atoms with Crippen molar-refractivity contribution in [1.82, 2.24) is 4.90 Å². The number of amides is 1. The van der Waals surface area contributed by atoms with E-state index in [1.807, 2.05) is 6.08 Å². The summed E-state index contributed by atoms with van der Waals surface area (Å²) in [5.41, 5.74) is 6.32. The Kier molecular flexibility index (Phi) is 2.19. The van der Waals surface area contributed by atoms with E-state index in [-0.39, 0.29) is 17.9 Å². The number of hydrogen-bond acceptors (Lipinski definition) is 3. The molecule has 4 nitrogen and oxygen atoms in total. The summed E-state index contributed by atoms with van der Waals surface area (Å²) < 4.78 is 0.735. The molecule has 2 N–H and O–H groups in total. The molecule has 0 aromatic heterocycles. The molecule has 0 fully saturated rings. The molecule has 2 aliphatic rings. The van der Waals surface area contributed by atoms with Crippen molar-refractivity contribution in [2.45, 2.75) is 6.04 Å². The molecular weight excluding hydrogens is 246 g/mol. The van der Waals surface area contributed by atoms with Crippen molar-refractivity contribution in [3.63, 3.8) is 0 Å². The Balaban J connectivity index is 2.43. The quantitative estimate of drug-likeness (QED) is 0.690. The summed E-state index contributed by atoms with van der Waals surface area (Å²) in [6, 6.07) is -0.111. The Labute approximate surface area is 90.3 Å². The molecule has 74 valence electrons. The summed E-state index contributed by atoms with van der Waals surface area (Å²) in [6.45, 7) is 0. The average Bonchev–Trinajstić information content (AvgIpc) is 2.17. The second kappa shape index (κ2) is 3.24. The number of carbonyl (C=O) groups excluding carboxylic acids is 1. The monoisotopic (exact) mass is 255 g/mol. The lowest BCUT2D eigenvalue weighted by Gasteiger charge is -2.31. The van der Waals surface area contributed by atoms with E-state index in [1.165, 1.54) is 4.90 Å². The number of fused-ring (bicyclic) bond motifs is 1. The van der Waals surface area contributed by atoms with Gasteiger partial charge >= 0.3 is 0 Å². The molecule has 2 rings (SSSR count). The van der Waals surface area contributed by atoms with Crippen LogP contribution < -0.4 is 5.73 Å². The molecule has 0 saturated heterocycles. The molecule has 2 unspecified atom stereocenters. The smallest absolute Gasteiger partial charge is 0.238 e. The van der Waals surface area contributed by atoms with Crippen LogP contribution in [0.1, 0.15) is 0 Å². The number of carbonyl (C=O) groups is 1. The minimum atomic E-state index is -0.282. The van der Waals surface area contributed by atoms with Crippen LogP contribution in [0.15, 0.2) is 27.3 Å². The van der Waals surface area contributed by atoms with Gasteiger partial charge in [0.25, 0.3) is 0 Å². The van der Waals surface area contributed by atoms with Crippen LogP contribution in [-0.2, 0) is 4.79 Å². The normalized spacial score (nSPS) is 31.0. The van der Waals surface area contributed by atoms with E-state index >= 15 is 0 Å². The summed E-state index contributed by atoms with van der Waals surface area (Å²) >= 11 is 3.35. The highest BCUT2D eigenvalue weighted by Gasteiger charge is 2.36. The standard InChI is InChI=1S/C9H10BrN3O/c1-13-4-12-6-3-2-5(11)8(10)7(6)9(13)14/h2-4,6-7H,11H2,1H3. The van der Waals surface area contributed by atoms with Crippen LogP contribution in [0.4, 0.5) is 0 Å². The molecule has 1 amide bonds. The number of rotatable bonds is 0. The van der Waals surface area contributed by atoms with Crippen LogP contribution >= 0.6 is 15.9 Å². The zero-order valence-electron chi connectivity index (χ0n) is 7.64. The van der Waals surface area contributed by atoms with Gasteiger partial charge in [0.2, 0.25) is 5.91 Å². The Morgan fingerprint density at radius 1 is 1.64 bits per heavy atom.